The van der Waals surface area contributed by atoms with Crippen molar-refractivity contribution in [2.45, 2.75) is 19.1 Å². The predicted molar refractivity (Wildman–Crippen MR) is 69.6 cm³/mol. The number of carbonyl (C=O) groups is 1. The lowest BCUT2D eigenvalue weighted by molar-refractivity contribution is -0.139. The van der Waals surface area contributed by atoms with Crippen LogP contribution in [-0.4, -0.2) is 26.7 Å². The number of methoxy groups -OCH3 is 1. The van der Waals surface area contributed by atoms with Crippen LogP contribution in [0.4, 0.5) is 11.4 Å². The molecule has 0 aliphatic heterocycles. The Morgan fingerprint density at radius 3 is 2.56 bits per heavy atom. The summed E-state index contributed by atoms with van der Waals surface area (Å²) in [5.41, 5.74) is 6.96. The minimum Gasteiger partial charge on any atom is -0.468 e. The quantitative estimate of drug-likeness (QED) is 0.626. The minimum atomic E-state index is -3.87. The third-order valence-electron chi connectivity index (χ3n) is 2.55. The Morgan fingerprint density at radius 1 is 1.44 bits per heavy atom. The van der Waals surface area contributed by atoms with E-state index in [1.165, 1.54) is 6.92 Å². The number of anilines is 2. The fourth-order valence-corrected chi connectivity index (χ4v) is 2.44. The number of para-hydroxylation sites is 1. The summed E-state index contributed by atoms with van der Waals surface area (Å²) in [6.07, 6.45) is 0. The van der Waals surface area contributed by atoms with Crippen LogP contribution in [-0.2, 0) is 19.6 Å². The second kappa shape index (κ2) is 5.26. The predicted octanol–water partition coefficient (Wildman–Crippen LogP) is 0.880. The molecule has 0 fully saturated rings. The zero-order valence-electron chi connectivity index (χ0n) is 10.4. The van der Waals surface area contributed by atoms with E-state index >= 15 is 0 Å². The zero-order valence-corrected chi connectivity index (χ0v) is 11.2. The average molecular weight is 272 g/mol. The number of sulfonamides is 1. The molecular weight excluding hydrogens is 256 g/mol. The molecule has 6 nitrogen and oxygen atoms in total. The van der Waals surface area contributed by atoms with Crippen LogP contribution in [0.3, 0.4) is 0 Å². The number of nitrogens with one attached hydrogen (secondary N) is 1. The molecule has 0 amide bonds. The smallest absolute Gasteiger partial charge is 0.325 e. The van der Waals surface area contributed by atoms with E-state index < -0.39 is 21.2 Å². The molecular formula is C11H16N2O4S. The van der Waals surface area contributed by atoms with Gasteiger partial charge >= 0.3 is 5.97 Å². The number of carbonyl (C=O) groups excluding carboxylic acids is 1. The second-order valence-electron chi connectivity index (χ2n) is 3.85. The zero-order chi connectivity index (χ0) is 13.9. The van der Waals surface area contributed by atoms with Gasteiger partial charge < -0.3 is 10.5 Å². The number of nitrogens with two attached hydrogens (primary N) is 1. The lowest BCUT2D eigenvalue weighted by Gasteiger charge is -2.15. The molecule has 18 heavy (non-hydrogen) atoms. The van der Waals surface area contributed by atoms with Crippen LogP contribution in [0.2, 0.25) is 0 Å². The molecule has 3 N–H and O–H groups in total. The van der Waals surface area contributed by atoms with E-state index in [2.05, 4.69) is 9.46 Å². The molecule has 0 saturated carbocycles. The standard InChI is InChI=1S/C11H16N2O4S/c1-7-5-4-6-9(12)10(7)13-18(15,16)8(2)11(14)17-3/h4-6,8,13H,12H2,1-3H3. The minimum absolute atomic E-state index is 0.285. The summed E-state index contributed by atoms with van der Waals surface area (Å²) in [6, 6.07) is 5.01. The molecule has 0 aliphatic carbocycles. The van der Waals surface area contributed by atoms with Gasteiger partial charge in [0.15, 0.2) is 5.25 Å². The Morgan fingerprint density at radius 2 is 2.06 bits per heavy atom. The molecule has 1 aromatic carbocycles. The summed E-state index contributed by atoms with van der Waals surface area (Å²) in [5, 5.41) is -1.30. The molecule has 0 bridgehead atoms. The Labute approximate surface area is 106 Å². The Bertz CT molecular complexity index is 534. The number of rotatable bonds is 4. The summed E-state index contributed by atoms with van der Waals surface area (Å²) in [7, 11) is -2.74. The van der Waals surface area contributed by atoms with Crippen LogP contribution in [0.25, 0.3) is 0 Å². The number of aryl methyl sites for hydroxylation is 1. The van der Waals surface area contributed by atoms with Gasteiger partial charge in [-0.3, -0.25) is 9.52 Å². The molecule has 7 heteroatoms. The van der Waals surface area contributed by atoms with Crippen molar-refractivity contribution in [2.75, 3.05) is 17.6 Å². The van der Waals surface area contributed by atoms with Crippen LogP contribution in [0.15, 0.2) is 18.2 Å². The number of esters is 1. The third kappa shape index (κ3) is 2.92. The van der Waals surface area contributed by atoms with E-state index in [9.17, 15) is 13.2 Å². The number of benzene rings is 1. The van der Waals surface area contributed by atoms with Crippen LogP contribution < -0.4 is 10.5 Å². The van der Waals surface area contributed by atoms with Gasteiger partial charge in [0.25, 0.3) is 0 Å². The summed E-state index contributed by atoms with van der Waals surface area (Å²) in [6.45, 7) is 2.97. The van der Waals surface area contributed by atoms with Crippen molar-refractivity contribution >= 4 is 27.4 Å². The summed E-state index contributed by atoms with van der Waals surface area (Å²) >= 11 is 0. The maximum atomic E-state index is 11.9. The van der Waals surface area contributed by atoms with Gasteiger partial charge in [-0.25, -0.2) is 8.42 Å². The van der Waals surface area contributed by atoms with Crippen molar-refractivity contribution in [3.8, 4) is 0 Å². The molecule has 100 valence electrons. The lowest BCUT2D eigenvalue weighted by Crippen LogP contribution is -2.33. The molecule has 0 heterocycles. The van der Waals surface area contributed by atoms with E-state index in [-0.39, 0.29) is 5.69 Å². The summed E-state index contributed by atoms with van der Waals surface area (Å²) < 4.78 is 30.6. The van der Waals surface area contributed by atoms with Crippen LogP contribution in [0, 0.1) is 6.92 Å². The largest absolute Gasteiger partial charge is 0.468 e. The van der Waals surface area contributed by atoms with Crippen molar-refractivity contribution in [3.63, 3.8) is 0 Å². The van der Waals surface area contributed by atoms with Gasteiger partial charge in [-0.1, -0.05) is 12.1 Å². The van der Waals surface area contributed by atoms with Gasteiger partial charge in [0.05, 0.1) is 18.5 Å². The van der Waals surface area contributed by atoms with Crippen molar-refractivity contribution in [3.05, 3.63) is 23.8 Å². The van der Waals surface area contributed by atoms with Gasteiger partial charge in [-0.05, 0) is 25.5 Å². The van der Waals surface area contributed by atoms with Gasteiger partial charge in [0.1, 0.15) is 0 Å². The first-order valence-corrected chi connectivity index (χ1v) is 6.78. The second-order valence-corrected chi connectivity index (χ2v) is 5.85. The maximum Gasteiger partial charge on any atom is 0.325 e. The first-order valence-electron chi connectivity index (χ1n) is 5.24. The SMILES string of the molecule is COC(=O)C(C)S(=O)(=O)Nc1c(C)cccc1N. The summed E-state index contributed by atoms with van der Waals surface area (Å²) in [4.78, 5) is 11.2. The van der Waals surface area contributed by atoms with Crippen molar-refractivity contribution in [1.29, 1.82) is 0 Å². The van der Waals surface area contributed by atoms with Crippen molar-refractivity contribution in [1.82, 2.24) is 0 Å². The van der Waals surface area contributed by atoms with Crippen LogP contribution in [0.1, 0.15) is 12.5 Å². The topological polar surface area (TPSA) is 98.5 Å². The highest BCUT2D eigenvalue weighted by Gasteiger charge is 2.29. The molecule has 0 aliphatic rings. The van der Waals surface area contributed by atoms with E-state index in [4.69, 9.17) is 5.73 Å². The average Bonchev–Trinajstić information content (AvgIpc) is 2.32. The highest BCUT2D eigenvalue weighted by Crippen LogP contribution is 2.24. The van der Waals surface area contributed by atoms with E-state index in [1.54, 1.807) is 25.1 Å². The number of hydrogen-bond donors (Lipinski definition) is 2. The Kier molecular flexibility index (Phi) is 4.18. The van der Waals surface area contributed by atoms with E-state index in [0.29, 0.717) is 11.3 Å². The van der Waals surface area contributed by atoms with Crippen LogP contribution in [0.5, 0.6) is 0 Å². The number of ether oxygens (including phenoxy) is 1. The van der Waals surface area contributed by atoms with Crippen LogP contribution >= 0.6 is 0 Å². The monoisotopic (exact) mass is 272 g/mol. The van der Waals surface area contributed by atoms with Gasteiger partial charge in [-0.15, -0.1) is 0 Å². The molecule has 1 unspecified atom stereocenters. The first kappa shape index (κ1) is 14.3. The van der Waals surface area contributed by atoms with Gasteiger partial charge in [0, 0.05) is 0 Å². The van der Waals surface area contributed by atoms with E-state index in [0.717, 1.165) is 7.11 Å². The Balaban J connectivity index is 3.07. The van der Waals surface area contributed by atoms with Gasteiger partial charge in [0.2, 0.25) is 10.0 Å². The molecule has 1 rings (SSSR count). The maximum absolute atomic E-state index is 11.9. The molecule has 1 atom stereocenters. The van der Waals surface area contributed by atoms with Crippen molar-refractivity contribution in [2.24, 2.45) is 0 Å². The lowest BCUT2D eigenvalue weighted by atomic mass is 10.2. The summed E-state index contributed by atoms with van der Waals surface area (Å²) in [5.74, 6) is -0.824. The molecule has 0 aromatic heterocycles. The number of hydrogen-bond acceptors (Lipinski definition) is 5. The highest BCUT2D eigenvalue weighted by molar-refractivity contribution is 7.94. The molecule has 0 spiro atoms. The normalized spacial score (nSPS) is 12.8. The Hall–Kier alpha value is -1.76. The fourth-order valence-electron chi connectivity index (χ4n) is 1.35. The molecule has 0 saturated heterocycles. The van der Waals surface area contributed by atoms with E-state index in [1.807, 2.05) is 0 Å². The van der Waals surface area contributed by atoms with Crippen molar-refractivity contribution < 1.29 is 17.9 Å². The third-order valence-corrected chi connectivity index (χ3v) is 4.16. The number of nitrogen functional groups attached to an aromatic ring is 1. The molecule has 1 aromatic rings. The first-order chi connectivity index (χ1) is 8.29. The highest BCUT2D eigenvalue weighted by atomic mass is 32.2. The molecule has 0 radical (unpaired) electrons. The van der Waals surface area contributed by atoms with Gasteiger partial charge in [-0.2, -0.15) is 0 Å². The fraction of sp³-hybridized carbons (Fsp3) is 0.364.